The Balaban J connectivity index is 2.05. The quantitative estimate of drug-likeness (QED) is 0.454. The molecule has 2 aromatic carbocycles. The summed E-state index contributed by atoms with van der Waals surface area (Å²) < 4.78 is 6.95. The molecule has 3 rings (SSSR count). The van der Waals surface area contributed by atoms with E-state index in [0.29, 0.717) is 10.6 Å². The third-order valence-electron chi connectivity index (χ3n) is 5.41. The maximum atomic E-state index is 13.2. The van der Waals surface area contributed by atoms with Crippen molar-refractivity contribution in [1.29, 1.82) is 0 Å². The van der Waals surface area contributed by atoms with Gasteiger partial charge in [-0.15, -0.1) is 0 Å². The average Bonchev–Trinajstić information content (AvgIpc) is 3.13. The van der Waals surface area contributed by atoms with E-state index in [0.717, 1.165) is 10.5 Å². The minimum atomic E-state index is -0.487. The first-order valence-electron chi connectivity index (χ1n) is 10.5. The van der Waals surface area contributed by atoms with Crippen LogP contribution in [0.2, 0.25) is 5.02 Å². The Hall–Kier alpha value is -2.28. The van der Waals surface area contributed by atoms with Crippen LogP contribution in [-0.2, 0) is 14.3 Å². The number of methoxy groups -OCH3 is 1. The molecule has 0 radical (unpaired) electrons. The van der Waals surface area contributed by atoms with Crippen LogP contribution < -0.4 is 5.32 Å². The highest BCUT2D eigenvalue weighted by molar-refractivity contribution is 7.97. The van der Waals surface area contributed by atoms with Crippen molar-refractivity contribution in [2.24, 2.45) is 5.41 Å². The lowest BCUT2D eigenvalue weighted by Crippen LogP contribution is -2.38. The van der Waals surface area contributed by atoms with Crippen LogP contribution in [0.25, 0.3) is 0 Å². The van der Waals surface area contributed by atoms with Gasteiger partial charge in [0.15, 0.2) is 0 Å². The molecule has 1 aliphatic heterocycles. The van der Waals surface area contributed by atoms with Gasteiger partial charge < -0.3 is 10.1 Å². The topological polar surface area (TPSA) is 58.6 Å². The highest BCUT2D eigenvalue weighted by Gasteiger charge is 2.44. The number of halogens is 1. The second-order valence-corrected chi connectivity index (χ2v) is 10.3. The van der Waals surface area contributed by atoms with E-state index in [4.69, 9.17) is 11.6 Å². The van der Waals surface area contributed by atoms with Gasteiger partial charge in [0, 0.05) is 21.5 Å². The molecule has 7 heteroatoms. The number of carbonyl (C=O) groups is 2. The van der Waals surface area contributed by atoms with Gasteiger partial charge in [0.25, 0.3) is 0 Å². The number of nitrogens with zero attached hydrogens (tertiary/aromatic N) is 1. The molecular weight excluding hydrogens is 444 g/mol. The monoisotopic (exact) mass is 472 g/mol. The van der Waals surface area contributed by atoms with Gasteiger partial charge in [0.05, 0.1) is 13.2 Å². The minimum absolute atomic E-state index is 0.0216. The van der Waals surface area contributed by atoms with Crippen LogP contribution in [0.3, 0.4) is 0 Å². The summed E-state index contributed by atoms with van der Waals surface area (Å²) in [7, 11) is 1.30. The van der Waals surface area contributed by atoms with E-state index < -0.39 is 5.97 Å². The Morgan fingerprint density at radius 3 is 2.38 bits per heavy atom. The van der Waals surface area contributed by atoms with Gasteiger partial charge >= 0.3 is 5.97 Å². The van der Waals surface area contributed by atoms with Crippen LogP contribution >= 0.6 is 23.5 Å². The number of ether oxygens (including phenoxy) is 1. The summed E-state index contributed by atoms with van der Waals surface area (Å²) in [5, 5.41) is 3.35. The maximum absolute atomic E-state index is 13.2. The molecule has 1 heterocycles. The van der Waals surface area contributed by atoms with E-state index in [-0.39, 0.29) is 30.0 Å². The number of hydrogen-bond donors (Lipinski definition) is 1. The molecule has 2 unspecified atom stereocenters. The Morgan fingerprint density at radius 2 is 1.78 bits per heavy atom. The van der Waals surface area contributed by atoms with Crippen molar-refractivity contribution >= 4 is 35.4 Å². The van der Waals surface area contributed by atoms with Gasteiger partial charge in [-0.2, -0.15) is 0 Å². The number of hydrogen-bond acceptors (Lipinski definition) is 5. The molecule has 0 bridgehead atoms. The zero-order chi connectivity index (χ0) is 23.5. The number of rotatable bonds is 6. The number of carbonyl (C=O) groups excluding carboxylic acids is 2. The largest absolute Gasteiger partial charge is 0.468 e. The summed E-state index contributed by atoms with van der Waals surface area (Å²) >= 11 is 7.79. The van der Waals surface area contributed by atoms with Crippen molar-refractivity contribution < 1.29 is 14.3 Å². The van der Waals surface area contributed by atoms with Gasteiger partial charge in [0.2, 0.25) is 5.91 Å². The fourth-order valence-electron chi connectivity index (χ4n) is 3.64. The minimum Gasteiger partial charge on any atom is -0.468 e. The van der Waals surface area contributed by atoms with Crippen molar-refractivity contribution in [3.63, 3.8) is 0 Å². The molecular formula is C25H29ClN2O3S. The molecule has 0 aliphatic carbocycles. The summed E-state index contributed by atoms with van der Waals surface area (Å²) in [5.41, 5.74) is 2.60. The molecule has 32 heavy (non-hydrogen) atoms. The molecule has 1 amide bonds. The summed E-state index contributed by atoms with van der Waals surface area (Å²) in [4.78, 5) is 25.9. The van der Waals surface area contributed by atoms with E-state index >= 15 is 0 Å². The number of esters is 1. The lowest BCUT2D eigenvalue weighted by atomic mass is 9.87. The molecule has 0 saturated carbocycles. The second-order valence-electron chi connectivity index (χ2n) is 8.86. The van der Waals surface area contributed by atoms with Crippen LogP contribution in [0.5, 0.6) is 0 Å². The zero-order valence-corrected chi connectivity index (χ0v) is 20.6. The molecule has 0 aromatic heterocycles. The van der Waals surface area contributed by atoms with Crippen LogP contribution in [0.15, 0.2) is 65.1 Å². The lowest BCUT2D eigenvalue weighted by molar-refractivity contribution is -0.140. The van der Waals surface area contributed by atoms with Crippen LogP contribution in [0, 0.1) is 12.3 Å². The first-order valence-corrected chi connectivity index (χ1v) is 11.6. The summed E-state index contributed by atoms with van der Waals surface area (Å²) in [6, 6.07) is 15.5. The standard InChI is InChI=1S/C25H29ClN2O3S/c1-16-8-6-7-9-20(16)32-28-21(25(2,3)4)14-19(24(30)27-15-22(29)31-5)23(28)17-10-12-18(26)13-11-17/h6-14,21,23H,15H2,1-5H3,(H,27,30). The average molecular weight is 473 g/mol. The number of nitrogens with one attached hydrogen (secondary N) is 1. The van der Waals surface area contributed by atoms with Gasteiger partial charge in [0.1, 0.15) is 6.54 Å². The van der Waals surface area contributed by atoms with Crippen LogP contribution in [0.1, 0.15) is 37.9 Å². The Bertz CT molecular complexity index is 1010. The predicted molar refractivity (Wildman–Crippen MR) is 129 cm³/mol. The smallest absolute Gasteiger partial charge is 0.325 e. The van der Waals surface area contributed by atoms with E-state index in [1.165, 1.54) is 12.7 Å². The van der Waals surface area contributed by atoms with E-state index in [2.05, 4.69) is 54.2 Å². The molecule has 0 spiro atoms. The third kappa shape index (κ3) is 5.55. The SMILES string of the molecule is COC(=O)CNC(=O)C1=CC(C(C)(C)C)N(Sc2ccccc2C)C1c1ccc(Cl)cc1. The Morgan fingerprint density at radius 1 is 1.12 bits per heavy atom. The van der Waals surface area contributed by atoms with Crippen molar-refractivity contribution in [3.8, 4) is 0 Å². The molecule has 1 N–H and O–H groups in total. The van der Waals surface area contributed by atoms with Gasteiger partial charge in [-0.3, -0.25) is 9.59 Å². The third-order valence-corrected chi connectivity index (χ3v) is 6.97. The van der Waals surface area contributed by atoms with Crippen molar-refractivity contribution in [2.75, 3.05) is 13.7 Å². The summed E-state index contributed by atoms with van der Waals surface area (Å²) in [5.74, 6) is -0.768. The lowest BCUT2D eigenvalue weighted by Gasteiger charge is -2.37. The molecule has 0 saturated heterocycles. The maximum Gasteiger partial charge on any atom is 0.325 e. The summed E-state index contributed by atoms with van der Waals surface area (Å²) in [6.07, 6.45) is 2.02. The molecule has 1 aliphatic rings. The van der Waals surface area contributed by atoms with E-state index in [9.17, 15) is 9.59 Å². The first-order chi connectivity index (χ1) is 15.1. The van der Waals surface area contributed by atoms with Crippen LogP contribution in [-0.4, -0.2) is 35.9 Å². The van der Waals surface area contributed by atoms with E-state index in [1.54, 1.807) is 11.9 Å². The highest BCUT2D eigenvalue weighted by Crippen LogP contribution is 2.48. The number of benzene rings is 2. The first kappa shape index (κ1) is 24.4. The van der Waals surface area contributed by atoms with Gasteiger partial charge in [-0.05, 0) is 53.6 Å². The zero-order valence-electron chi connectivity index (χ0n) is 19.0. The molecule has 0 fully saturated rings. The number of amides is 1. The highest BCUT2D eigenvalue weighted by atomic mass is 35.5. The number of aryl methyl sites for hydroxylation is 1. The molecule has 5 nitrogen and oxygen atoms in total. The Labute approximate surface area is 199 Å². The molecule has 2 atom stereocenters. The summed E-state index contributed by atoms with van der Waals surface area (Å²) in [6.45, 7) is 8.39. The van der Waals surface area contributed by atoms with Crippen molar-refractivity contribution in [3.05, 3.63) is 76.3 Å². The van der Waals surface area contributed by atoms with Crippen LogP contribution in [0.4, 0.5) is 0 Å². The fourth-order valence-corrected chi connectivity index (χ4v) is 5.18. The van der Waals surface area contributed by atoms with Gasteiger partial charge in [-0.1, -0.05) is 68.8 Å². The van der Waals surface area contributed by atoms with Crippen molar-refractivity contribution in [2.45, 2.75) is 44.7 Å². The molecule has 170 valence electrons. The normalized spacial score (nSPS) is 18.9. The molecule has 2 aromatic rings. The van der Waals surface area contributed by atoms with Gasteiger partial charge in [-0.25, -0.2) is 4.31 Å². The Kier molecular flexibility index (Phi) is 7.70. The predicted octanol–water partition coefficient (Wildman–Crippen LogP) is 5.34. The van der Waals surface area contributed by atoms with E-state index in [1.807, 2.05) is 42.5 Å². The second kappa shape index (κ2) is 10.1. The van der Waals surface area contributed by atoms with Crippen molar-refractivity contribution in [1.82, 2.24) is 9.62 Å². The fraction of sp³-hybridized carbons (Fsp3) is 0.360.